The average molecular weight is 788 g/mol. The third-order valence-corrected chi connectivity index (χ3v) is 10.7. The normalized spacial score (nSPS) is 19.1. The third kappa shape index (κ3) is 11.5. The number of carbonyl (C=O) groups is 3. The number of amides is 2. The number of likely N-dealkylation sites (tertiary alicyclic amines) is 1. The second-order valence-corrected chi connectivity index (χ2v) is 15.5. The van der Waals surface area contributed by atoms with E-state index in [1.54, 1.807) is 12.0 Å². The molecule has 0 aliphatic carbocycles. The molecule has 0 saturated carbocycles. The maximum atomic E-state index is 14.0. The molecule has 2 aliphatic heterocycles. The summed E-state index contributed by atoms with van der Waals surface area (Å²) < 4.78 is 30.6. The summed E-state index contributed by atoms with van der Waals surface area (Å²) in [4.78, 5) is 44.2. The number of nitrogens with two attached hydrogens (primary N) is 2. The number of piperidine rings is 1. The highest BCUT2D eigenvalue weighted by Crippen LogP contribution is 2.37. The van der Waals surface area contributed by atoms with Crippen molar-refractivity contribution < 1.29 is 38.1 Å². The van der Waals surface area contributed by atoms with Gasteiger partial charge in [-0.1, -0.05) is 65.0 Å². The standard InChI is InChI=1S/C44H61N5O8/c1-7-30-9-14-33(15-10-30)56-34-16-12-32(13-17-34)40-37(55-27-31-11-18-36-35(23-31)48(20-22-54-36)19-8-21-53-6)25-49(43(51)41(46)28(2)3)26-38(40)57-44(52)42(29(4)5)47-39(50)24-45/h9-18,23,28-29,37-38,40-42H,7-8,19-22,24-27,45-46H2,1-6H3,(H,47,50)/t37-,38+,40+,41-,42-/m0/s1. The van der Waals surface area contributed by atoms with E-state index < -0.39 is 42.1 Å². The van der Waals surface area contributed by atoms with Gasteiger partial charge in [0.25, 0.3) is 0 Å². The highest BCUT2D eigenvalue weighted by molar-refractivity contribution is 5.86. The Balaban J connectivity index is 1.48. The second-order valence-electron chi connectivity index (χ2n) is 15.5. The molecule has 310 valence electrons. The van der Waals surface area contributed by atoms with Crippen LogP contribution in [0.1, 0.15) is 63.6 Å². The van der Waals surface area contributed by atoms with Crippen molar-refractivity contribution in [2.24, 2.45) is 23.3 Å². The quantitative estimate of drug-likeness (QED) is 0.120. The zero-order chi connectivity index (χ0) is 41.1. The SMILES string of the molecule is CCc1ccc(Oc2ccc([C@@H]3[C@@H](OCc4ccc5c(c4)N(CCCOC)CCO5)CN(C(=O)[C@@H](N)C(C)C)C[C@H]3OC(=O)[C@@H](NC(=O)CN)C(C)C)cc2)cc1. The summed E-state index contributed by atoms with van der Waals surface area (Å²) in [6.07, 6.45) is 0.348. The zero-order valence-corrected chi connectivity index (χ0v) is 34.3. The summed E-state index contributed by atoms with van der Waals surface area (Å²) in [5, 5.41) is 2.71. The molecule has 13 nitrogen and oxygen atoms in total. The summed E-state index contributed by atoms with van der Waals surface area (Å²) in [5.74, 6) is -0.105. The summed E-state index contributed by atoms with van der Waals surface area (Å²) in [6, 6.07) is 19.9. The molecule has 2 heterocycles. The van der Waals surface area contributed by atoms with Crippen LogP contribution in [0.2, 0.25) is 0 Å². The van der Waals surface area contributed by atoms with Crippen LogP contribution in [0.3, 0.4) is 0 Å². The van der Waals surface area contributed by atoms with Gasteiger partial charge in [0.2, 0.25) is 11.8 Å². The molecular weight excluding hydrogens is 727 g/mol. The Labute approximate surface area is 337 Å². The molecule has 1 fully saturated rings. The van der Waals surface area contributed by atoms with E-state index in [1.807, 2.05) is 88.4 Å². The van der Waals surface area contributed by atoms with E-state index in [0.29, 0.717) is 24.7 Å². The van der Waals surface area contributed by atoms with E-state index in [-0.39, 0.29) is 44.0 Å². The predicted molar refractivity (Wildman–Crippen MR) is 219 cm³/mol. The van der Waals surface area contributed by atoms with Crippen LogP contribution >= 0.6 is 0 Å². The number of esters is 1. The van der Waals surface area contributed by atoms with Crippen LogP contribution < -0.4 is 31.2 Å². The minimum absolute atomic E-state index is 0.0832. The minimum Gasteiger partial charge on any atom is -0.490 e. The average Bonchev–Trinajstić information content (AvgIpc) is 3.21. The van der Waals surface area contributed by atoms with Gasteiger partial charge in [0.1, 0.15) is 36.0 Å². The molecule has 1 saturated heterocycles. The van der Waals surface area contributed by atoms with E-state index in [2.05, 4.69) is 23.2 Å². The lowest BCUT2D eigenvalue weighted by molar-refractivity contribution is -0.167. The molecule has 0 aromatic heterocycles. The van der Waals surface area contributed by atoms with Gasteiger partial charge in [0.05, 0.1) is 50.0 Å². The number of aryl methyl sites for hydroxylation is 1. The van der Waals surface area contributed by atoms with Gasteiger partial charge in [-0.3, -0.25) is 9.59 Å². The van der Waals surface area contributed by atoms with Crippen molar-refractivity contribution in [3.05, 3.63) is 83.4 Å². The molecule has 2 amide bonds. The Morgan fingerprint density at radius 2 is 1.58 bits per heavy atom. The van der Waals surface area contributed by atoms with Crippen molar-refractivity contribution in [1.82, 2.24) is 10.2 Å². The highest BCUT2D eigenvalue weighted by atomic mass is 16.6. The van der Waals surface area contributed by atoms with E-state index in [0.717, 1.165) is 48.5 Å². The topological polar surface area (TPSA) is 168 Å². The molecule has 5 atom stereocenters. The number of anilines is 1. The van der Waals surface area contributed by atoms with Crippen molar-refractivity contribution in [3.63, 3.8) is 0 Å². The van der Waals surface area contributed by atoms with E-state index in [9.17, 15) is 14.4 Å². The third-order valence-electron chi connectivity index (χ3n) is 10.7. The van der Waals surface area contributed by atoms with E-state index in [4.69, 9.17) is 35.2 Å². The van der Waals surface area contributed by atoms with Gasteiger partial charge in [-0.15, -0.1) is 0 Å². The minimum atomic E-state index is -0.954. The summed E-state index contributed by atoms with van der Waals surface area (Å²) in [5.41, 5.74) is 16.0. The molecule has 3 aromatic carbocycles. The number of carbonyl (C=O) groups excluding carboxylic acids is 3. The van der Waals surface area contributed by atoms with Gasteiger partial charge in [0.15, 0.2) is 0 Å². The van der Waals surface area contributed by atoms with Crippen LogP contribution in [0.4, 0.5) is 5.69 Å². The van der Waals surface area contributed by atoms with E-state index in [1.165, 1.54) is 5.56 Å². The Bertz CT molecular complexity index is 1770. The number of hydrogen-bond donors (Lipinski definition) is 3. The van der Waals surface area contributed by atoms with Crippen molar-refractivity contribution in [1.29, 1.82) is 0 Å². The number of nitrogens with one attached hydrogen (secondary N) is 1. The number of methoxy groups -OCH3 is 1. The van der Waals surface area contributed by atoms with Gasteiger partial charge < -0.3 is 50.3 Å². The second kappa shape index (κ2) is 20.6. The van der Waals surface area contributed by atoms with Crippen LogP contribution in [0.25, 0.3) is 0 Å². The van der Waals surface area contributed by atoms with Crippen molar-refractivity contribution >= 4 is 23.5 Å². The molecule has 0 radical (unpaired) electrons. The Hall–Kier alpha value is -4.69. The van der Waals surface area contributed by atoms with Gasteiger partial charge in [-0.2, -0.15) is 0 Å². The maximum Gasteiger partial charge on any atom is 0.329 e. The Morgan fingerprint density at radius 3 is 2.21 bits per heavy atom. The van der Waals surface area contributed by atoms with Crippen molar-refractivity contribution in [3.8, 4) is 17.2 Å². The molecule has 5 N–H and O–H groups in total. The predicted octanol–water partition coefficient (Wildman–Crippen LogP) is 4.78. The number of nitrogens with zero attached hydrogens (tertiary/aromatic N) is 2. The van der Waals surface area contributed by atoms with Crippen LogP contribution in [0.15, 0.2) is 66.7 Å². The van der Waals surface area contributed by atoms with Crippen molar-refractivity contribution in [2.75, 3.05) is 57.9 Å². The van der Waals surface area contributed by atoms with Crippen LogP contribution in [-0.4, -0.2) is 100 Å². The lowest BCUT2D eigenvalue weighted by atomic mass is 9.83. The fraction of sp³-hybridized carbons (Fsp3) is 0.523. The van der Waals surface area contributed by atoms with Crippen LogP contribution in [0.5, 0.6) is 17.2 Å². The number of rotatable bonds is 18. The molecular formula is C44H61N5O8. The molecule has 0 unspecified atom stereocenters. The molecule has 2 aliphatic rings. The smallest absolute Gasteiger partial charge is 0.329 e. The summed E-state index contributed by atoms with van der Waals surface area (Å²) in [7, 11) is 1.70. The van der Waals surface area contributed by atoms with Gasteiger partial charge in [-0.25, -0.2) is 4.79 Å². The molecule has 5 rings (SSSR count). The lowest BCUT2D eigenvalue weighted by Gasteiger charge is -2.44. The van der Waals surface area contributed by atoms with Crippen LogP contribution in [0, 0.1) is 11.8 Å². The van der Waals surface area contributed by atoms with Crippen molar-refractivity contribution in [2.45, 2.75) is 84.3 Å². The maximum absolute atomic E-state index is 14.0. The first-order chi connectivity index (χ1) is 27.4. The Morgan fingerprint density at radius 1 is 0.912 bits per heavy atom. The first-order valence-corrected chi connectivity index (χ1v) is 20.1. The van der Waals surface area contributed by atoms with Gasteiger partial charge >= 0.3 is 5.97 Å². The molecule has 57 heavy (non-hydrogen) atoms. The monoisotopic (exact) mass is 787 g/mol. The van der Waals surface area contributed by atoms with Crippen LogP contribution in [-0.2, 0) is 41.6 Å². The fourth-order valence-corrected chi connectivity index (χ4v) is 7.23. The summed E-state index contributed by atoms with van der Waals surface area (Å²) in [6.45, 7) is 12.6. The first-order valence-electron chi connectivity index (χ1n) is 20.1. The summed E-state index contributed by atoms with van der Waals surface area (Å²) >= 11 is 0. The largest absolute Gasteiger partial charge is 0.490 e. The van der Waals surface area contributed by atoms with Gasteiger partial charge in [-0.05, 0) is 77.8 Å². The lowest BCUT2D eigenvalue weighted by Crippen LogP contribution is -2.59. The number of hydrogen-bond acceptors (Lipinski definition) is 11. The number of fused-ring (bicyclic) bond motifs is 1. The molecule has 0 spiro atoms. The van der Waals surface area contributed by atoms with Gasteiger partial charge in [0, 0.05) is 26.8 Å². The number of ether oxygens (including phenoxy) is 5. The zero-order valence-electron chi connectivity index (χ0n) is 34.3. The Kier molecular flexibility index (Phi) is 15.7. The van der Waals surface area contributed by atoms with E-state index >= 15 is 0 Å². The molecule has 13 heteroatoms. The molecule has 3 aromatic rings. The fourth-order valence-electron chi connectivity index (χ4n) is 7.23. The first kappa shape index (κ1) is 43.4. The number of benzene rings is 3. The highest BCUT2D eigenvalue weighted by Gasteiger charge is 2.44. The molecule has 0 bridgehead atoms.